The number of nitrogens with zero attached hydrogens (tertiary/aromatic N) is 5. The predicted octanol–water partition coefficient (Wildman–Crippen LogP) is 4.16. The highest BCUT2D eigenvalue weighted by atomic mass is 16.5. The zero-order valence-corrected chi connectivity index (χ0v) is 22.5. The lowest BCUT2D eigenvalue weighted by Gasteiger charge is -2.34. The number of aliphatic imine (C=N–C) groups is 1. The lowest BCUT2D eigenvalue weighted by atomic mass is 9.80. The molecule has 0 amide bonds. The van der Waals surface area contributed by atoms with Crippen LogP contribution in [0.4, 0.5) is 17.3 Å². The number of likely N-dealkylation sites (N-methyl/N-ethyl adjacent to an activating group) is 1. The number of nitrogens with one attached hydrogen (secondary N) is 2. The van der Waals surface area contributed by atoms with Gasteiger partial charge in [0.1, 0.15) is 11.5 Å². The van der Waals surface area contributed by atoms with E-state index in [1.54, 1.807) is 21.3 Å². The van der Waals surface area contributed by atoms with Crippen LogP contribution in [0.15, 0.2) is 53.7 Å². The molecule has 0 radical (unpaired) electrons. The van der Waals surface area contributed by atoms with Crippen molar-refractivity contribution in [2.24, 2.45) is 4.99 Å². The van der Waals surface area contributed by atoms with Crippen molar-refractivity contribution >= 4 is 28.7 Å². The Kier molecular flexibility index (Phi) is 7.55. The molecule has 9 heteroatoms. The highest BCUT2D eigenvalue weighted by Gasteiger charge is 2.33. The van der Waals surface area contributed by atoms with Gasteiger partial charge in [-0.2, -0.15) is 0 Å². The van der Waals surface area contributed by atoms with Gasteiger partial charge in [0.05, 0.1) is 37.2 Å². The third kappa shape index (κ3) is 5.06. The van der Waals surface area contributed by atoms with Crippen LogP contribution in [0.2, 0.25) is 0 Å². The molecule has 3 aromatic rings. The summed E-state index contributed by atoms with van der Waals surface area (Å²) in [5, 5.41) is 12.2. The highest BCUT2D eigenvalue weighted by molar-refractivity contribution is 6.19. The fourth-order valence-electron chi connectivity index (χ4n) is 5.22. The summed E-state index contributed by atoms with van der Waals surface area (Å²) < 4.78 is 11.4. The molecule has 1 aliphatic carbocycles. The van der Waals surface area contributed by atoms with Gasteiger partial charge in [0.25, 0.3) is 0 Å². The van der Waals surface area contributed by atoms with Crippen LogP contribution < -0.4 is 19.7 Å². The minimum atomic E-state index is -0.370. The molecule has 1 unspecified atom stereocenters. The second kappa shape index (κ2) is 11.2. The predicted molar refractivity (Wildman–Crippen MR) is 152 cm³/mol. The monoisotopic (exact) mass is 513 g/mol. The number of rotatable bonds is 7. The Bertz CT molecular complexity index is 1350. The molecule has 9 nitrogen and oxygen atoms in total. The molecular weight excluding hydrogens is 478 g/mol. The molecule has 1 saturated heterocycles. The van der Waals surface area contributed by atoms with Crippen molar-refractivity contribution in [2.45, 2.75) is 18.8 Å². The Hall–Kier alpha value is -3.98. The Morgan fingerprint density at radius 1 is 1.03 bits per heavy atom. The van der Waals surface area contributed by atoms with Crippen LogP contribution in [0.1, 0.15) is 29.2 Å². The smallest absolute Gasteiger partial charge is 0.227 e. The molecule has 2 heterocycles. The molecule has 1 atom stereocenters. The fraction of sp³-hybridized carbons (Fsp3) is 0.379. The van der Waals surface area contributed by atoms with Gasteiger partial charge in [-0.1, -0.05) is 12.1 Å². The van der Waals surface area contributed by atoms with Crippen LogP contribution in [0.5, 0.6) is 11.5 Å². The van der Waals surface area contributed by atoms with Gasteiger partial charge in [-0.25, -0.2) is 9.97 Å². The van der Waals surface area contributed by atoms with Gasteiger partial charge in [-0.15, -0.1) is 0 Å². The number of para-hydroxylation sites is 1. The number of anilines is 3. The number of aromatic nitrogens is 2. The largest absolute Gasteiger partial charge is 0.496 e. The lowest BCUT2D eigenvalue weighted by molar-refractivity contribution is 0.312. The SMILES string of the molecule is CN=C(c1ccccc1OC)C1C(=N)CCc2cnc(Nc3ccc(N4CCN(C)CC4)cc3OC)nc21. The minimum absolute atomic E-state index is 0.370. The zero-order chi connectivity index (χ0) is 26.6. The summed E-state index contributed by atoms with van der Waals surface area (Å²) in [6.45, 7) is 4.06. The van der Waals surface area contributed by atoms with E-state index in [-0.39, 0.29) is 5.92 Å². The van der Waals surface area contributed by atoms with Crippen molar-refractivity contribution in [2.75, 3.05) is 64.7 Å². The molecule has 2 N–H and O–H groups in total. The van der Waals surface area contributed by atoms with Crippen LogP contribution in [-0.4, -0.2) is 80.8 Å². The van der Waals surface area contributed by atoms with Crippen LogP contribution in [0, 0.1) is 5.41 Å². The number of benzene rings is 2. The molecule has 198 valence electrons. The third-order valence-corrected chi connectivity index (χ3v) is 7.38. The molecule has 0 bridgehead atoms. The van der Waals surface area contributed by atoms with Gasteiger partial charge in [0.2, 0.25) is 5.95 Å². The van der Waals surface area contributed by atoms with E-state index in [2.05, 4.69) is 44.3 Å². The first kappa shape index (κ1) is 25.7. The van der Waals surface area contributed by atoms with E-state index in [1.807, 2.05) is 36.5 Å². The first-order valence-electron chi connectivity index (χ1n) is 12.9. The normalized spacial score (nSPS) is 18.2. The van der Waals surface area contributed by atoms with Gasteiger partial charge in [-0.3, -0.25) is 4.99 Å². The maximum Gasteiger partial charge on any atom is 0.227 e. The number of methoxy groups -OCH3 is 2. The molecule has 2 aliphatic rings. The Morgan fingerprint density at radius 2 is 1.79 bits per heavy atom. The van der Waals surface area contributed by atoms with E-state index in [1.165, 1.54) is 0 Å². The van der Waals surface area contributed by atoms with E-state index in [4.69, 9.17) is 19.9 Å². The Balaban J connectivity index is 1.46. The minimum Gasteiger partial charge on any atom is -0.496 e. The number of aryl methyl sites for hydroxylation is 1. The molecule has 1 aromatic heterocycles. The van der Waals surface area contributed by atoms with Gasteiger partial charge < -0.3 is 30.0 Å². The summed E-state index contributed by atoms with van der Waals surface area (Å²) in [7, 11) is 7.24. The first-order chi connectivity index (χ1) is 18.5. The second-order valence-electron chi connectivity index (χ2n) is 9.67. The van der Waals surface area contributed by atoms with Gasteiger partial charge in [-0.05, 0) is 49.7 Å². The van der Waals surface area contributed by atoms with Crippen molar-refractivity contribution in [3.8, 4) is 11.5 Å². The van der Waals surface area contributed by atoms with E-state index in [9.17, 15) is 0 Å². The maximum atomic E-state index is 8.85. The standard InChI is InChI=1S/C29H35N7O2/c1-31-28(21-7-5-6-8-24(21)37-3)26-22(30)11-9-19-18-32-29(34-27(19)26)33-23-12-10-20(17-25(23)38-4)36-15-13-35(2)14-16-36/h5-8,10,12,17-18,26,30H,9,11,13-16H2,1-4H3,(H,32,33,34). The Morgan fingerprint density at radius 3 is 2.53 bits per heavy atom. The van der Waals surface area contributed by atoms with Gasteiger partial charge in [0.15, 0.2) is 0 Å². The van der Waals surface area contributed by atoms with Crippen molar-refractivity contribution in [3.63, 3.8) is 0 Å². The quantitative estimate of drug-likeness (QED) is 0.458. The van der Waals surface area contributed by atoms with Gasteiger partial charge in [0, 0.05) is 62.5 Å². The molecular formula is C29H35N7O2. The number of piperazine rings is 1. The Labute approximate surface area is 224 Å². The second-order valence-corrected chi connectivity index (χ2v) is 9.67. The molecule has 2 aromatic carbocycles. The molecule has 1 fully saturated rings. The van der Waals surface area contributed by atoms with Crippen molar-refractivity contribution in [1.82, 2.24) is 14.9 Å². The number of fused-ring (bicyclic) bond motifs is 1. The van der Waals surface area contributed by atoms with Crippen LogP contribution in [-0.2, 0) is 6.42 Å². The van der Waals surface area contributed by atoms with Crippen LogP contribution in [0.3, 0.4) is 0 Å². The van der Waals surface area contributed by atoms with Crippen LogP contribution >= 0.6 is 0 Å². The zero-order valence-electron chi connectivity index (χ0n) is 22.5. The lowest BCUT2D eigenvalue weighted by Crippen LogP contribution is -2.44. The van der Waals surface area contributed by atoms with E-state index >= 15 is 0 Å². The summed E-state index contributed by atoms with van der Waals surface area (Å²) in [5.74, 6) is 1.55. The van der Waals surface area contributed by atoms with E-state index in [0.717, 1.165) is 78.0 Å². The van der Waals surface area contributed by atoms with Crippen molar-refractivity contribution in [1.29, 1.82) is 5.41 Å². The van der Waals surface area contributed by atoms with Crippen LogP contribution in [0.25, 0.3) is 0 Å². The fourth-order valence-corrected chi connectivity index (χ4v) is 5.22. The summed E-state index contributed by atoms with van der Waals surface area (Å²) in [6.07, 6.45) is 3.24. The van der Waals surface area contributed by atoms with E-state index < -0.39 is 0 Å². The molecule has 38 heavy (non-hydrogen) atoms. The van der Waals surface area contributed by atoms with Crippen molar-refractivity contribution in [3.05, 3.63) is 65.5 Å². The topological polar surface area (TPSA) is 99.0 Å². The molecule has 1 aliphatic heterocycles. The van der Waals surface area contributed by atoms with Gasteiger partial charge >= 0.3 is 0 Å². The van der Waals surface area contributed by atoms with Crippen molar-refractivity contribution < 1.29 is 9.47 Å². The number of ether oxygens (including phenoxy) is 2. The average Bonchev–Trinajstić information content (AvgIpc) is 2.95. The maximum absolute atomic E-state index is 8.85. The summed E-state index contributed by atoms with van der Waals surface area (Å²) in [4.78, 5) is 18.9. The molecule has 0 spiro atoms. The average molecular weight is 514 g/mol. The summed E-state index contributed by atoms with van der Waals surface area (Å²) in [5.41, 5.74) is 6.00. The first-order valence-corrected chi connectivity index (χ1v) is 12.9. The van der Waals surface area contributed by atoms with E-state index in [0.29, 0.717) is 18.1 Å². The summed E-state index contributed by atoms with van der Waals surface area (Å²) >= 11 is 0. The molecule has 0 saturated carbocycles. The number of hydrogen-bond acceptors (Lipinski definition) is 9. The number of hydrogen-bond donors (Lipinski definition) is 2. The summed E-state index contributed by atoms with van der Waals surface area (Å²) in [6, 6.07) is 14.0. The molecule has 5 rings (SSSR count). The highest BCUT2D eigenvalue weighted by Crippen LogP contribution is 2.36. The third-order valence-electron chi connectivity index (χ3n) is 7.38.